The number of amides is 1. The molecular weight excluding hydrogens is 320 g/mol. The summed E-state index contributed by atoms with van der Waals surface area (Å²) in [5, 5.41) is 11.8. The van der Waals surface area contributed by atoms with E-state index in [9.17, 15) is 4.79 Å². The van der Waals surface area contributed by atoms with Crippen LogP contribution in [0.4, 0.5) is 11.5 Å². The normalized spacial score (nSPS) is 12.2. The number of benzene rings is 1. The molecule has 1 aromatic carbocycles. The smallest absolute Gasteiger partial charge is 0.243 e. The van der Waals surface area contributed by atoms with Crippen LogP contribution in [0.1, 0.15) is 12.6 Å². The highest BCUT2D eigenvalue weighted by atomic mass is 16.6. The summed E-state index contributed by atoms with van der Waals surface area (Å²) in [6.07, 6.45) is 0. The van der Waals surface area contributed by atoms with Gasteiger partial charge in [0.05, 0.1) is 6.54 Å². The standard InChI is InChI=1S/C18H18N4O3/c1-2-22(17-5-3-4-14(11-19)20-17)12-18(23)21-13-6-7-15-16(10-13)25-9-8-24-15/h3-7,10H,2,8-9,12H2,1H3,(H,21,23). The topological polar surface area (TPSA) is 87.5 Å². The summed E-state index contributed by atoms with van der Waals surface area (Å²) >= 11 is 0. The number of hydrogen-bond acceptors (Lipinski definition) is 6. The molecule has 25 heavy (non-hydrogen) atoms. The van der Waals surface area contributed by atoms with Gasteiger partial charge in [0.1, 0.15) is 30.8 Å². The van der Waals surface area contributed by atoms with E-state index < -0.39 is 0 Å². The number of aromatic nitrogens is 1. The molecule has 1 amide bonds. The quantitative estimate of drug-likeness (QED) is 0.899. The fraction of sp³-hybridized carbons (Fsp3) is 0.278. The summed E-state index contributed by atoms with van der Waals surface area (Å²) in [5.74, 6) is 1.72. The molecule has 2 heterocycles. The third-order valence-electron chi connectivity index (χ3n) is 3.72. The van der Waals surface area contributed by atoms with E-state index in [1.54, 1.807) is 41.3 Å². The van der Waals surface area contributed by atoms with Crippen molar-refractivity contribution in [1.29, 1.82) is 5.26 Å². The van der Waals surface area contributed by atoms with Crippen LogP contribution in [0.25, 0.3) is 0 Å². The van der Waals surface area contributed by atoms with Crippen LogP contribution in [0, 0.1) is 11.3 Å². The zero-order chi connectivity index (χ0) is 17.6. The van der Waals surface area contributed by atoms with Crippen LogP contribution in [0.5, 0.6) is 11.5 Å². The Balaban J connectivity index is 1.67. The number of nitrogens with zero attached hydrogens (tertiary/aromatic N) is 3. The van der Waals surface area contributed by atoms with Crippen LogP contribution in [0.2, 0.25) is 0 Å². The molecule has 2 aromatic rings. The van der Waals surface area contributed by atoms with Gasteiger partial charge in [-0.05, 0) is 31.2 Å². The van der Waals surface area contributed by atoms with Gasteiger partial charge in [-0.25, -0.2) is 4.98 Å². The Morgan fingerprint density at radius 3 is 2.84 bits per heavy atom. The van der Waals surface area contributed by atoms with E-state index in [1.807, 2.05) is 13.0 Å². The maximum absolute atomic E-state index is 12.4. The summed E-state index contributed by atoms with van der Waals surface area (Å²) in [6.45, 7) is 3.68. The second-order valence-corrected chi connectivity index (χ2v) is 5.41. The number of carbonyl (C=O) groups is 1. The molecule has 0 unspecified atom stereocenters. The van der Waals surface area contributed by atoms with Gasteiger partial charge in [0.25, 0.3) is 0 Å². The zero-order valence-corrected chi connectivity index (χ0v) is 13.9. The molecular formula is C18H18N4O3. The first-order valence-corrected chi connectivity index (χ1v) is 8.01. The second kappa shape index (κ2) is 7.53. The van der Waals surface area contributed by atoms with Crippen molar-refractivity contribution in [2.75, 3.05) is 36.5 Å². The van der Waals surface area contributed by atoms with Gasteiger partial charge in [0.15, 0.2) is 11.5 Å². The van der Waals surface area contributed by atoms with E-state index in [1.165, 1.54) is 0 Å². The summed E-state index contributed by atoms with van der Waals surface area (Å²) in [5.41, 5.74) is 0.965. The number of hydrogen-bond donors (Lipinski definition) is 1. The molecule has 7 heteroatoms. The van der Waals surface area contributed by atoms with Gasteiger partial charge in [-0.15, -0.1) is 0 Å². The lowest BCUT2D eigenvalue weighted by Gasteiger charge is -2.22. The summed E-state index contributed by atoms with van der Waals surface area (Å²) < 4.78 is 11.0. The number of fused-ring (bicyclic) bond motifs is 1. The fourth-order valence-corrected chi connectivity index (χ4v) is 2.51. The Morgan fingerprint density at radius 1 is 1.28 bits per heavy atom. The molecule has 128 valence electrons. The van der Waals surface area contributed by atoms with Gasteiger partial charge < -0.3 is 19.7 Å². The maximum atomic E-state index is 12.4. The maximum Gasteiger partial charge on any atom is 0.243 e. The van der Waals surface area contributed by atoms with Crippen molar-refractivity contribution >= 4 is 17.4 Å². The highest BCUT2D eigenvalue weighted by Gasteiger charge is 2.15. The van der Waals surface area contributed by atoms with Crippen LogP contribution in [0.15, 0.2) is 36.4 Å². The third-order valence-corrected chi connectivity index (χ3v) is 3.72. The highest BCUT2D eigenvalue weighted by Crippen LogP contribution is 2.32. The van der Waals surface area contributed by atoms with Crippen molar-refractivity contribution in [3.8, 4) is 17.6 Å². The predicted octanol–water partition coefficient (Wildman–Crippen LogP) is 2.19. The Labute approximate surface area is 145 Å². The van der Waals surface area contributed by atoms with Gasteiger partial charge in [0.2, 0.25) is 5.91 Å². The van der Waals surface area contributed by atoms with E-state index in [0.717, 1.165) is 0 Å². The molecule has 7 nitrogen and oxygen atoms in total. The monoisotopic (exact) mass is 338 g/mol. The first-order valence-electron chi connectivity index (χ1n) is 8.01. The van der Waals surface area contributed by atoms with E-state index >= 15 is 0 Å². The summed E-state index contributed by atoms with van der Waals surface area (Å²) in [4.78, 5) is 18.4. The molecule has 1 N–H and O–H groups in total. The number of nitrogens with one attached hydrogen (secondary N) is 1. The van der Waals surface area contributed by atoms with Gasteiger partial charge in [-0.3, -0.25) is 4.79 Å². The lowest BCUT2D eigenvalue weighted by atomic mass is 10.2. The van der Waals surface area contributed by atoms with E-state index in [-0.39, 0.29) is 12.5 Å². The van der Waals surface area contributed by atoms with Crippen LogP contribution < -0.4 is 19.7 Å². The van der Waals surface area contributed by atoms with Crippen molar-refractivity contribution in [1.82, 2.24) is 4.98 Å². The summed E-state index contributed by atoms with van der Waals surface area (Å²) in [7, 11) is 0. The number of rotatable bonds is 5. The van der Waals surface area contributed by atoms with E-state index in [4.69, 9.17) is 14.7 Å². The first-order chi connectivity index (χ1) is 12.2. The number of pyridine rings is 1. The number of carbonyl (C=O) groups excluding carboxylic acids is 1. The molecule has 0 atom stereocenters. The SMILES string of the molecule is CCN(CC(=O)Nc1ccc2c(c1)OCCO2)c1cccc(C#N)n1. The minimum atomic E-state index is -0.178. The molecule has 1 aliphatic heterocycles. The first kappa shape index (κ1) is 16.6. The molecule has 0 radical (unpaired) electrons. The molecule has 0 aliphatic carbocycles. The van der Waals surface area contributed by atoms with Crippen molar-refractivity contribution in [3.05, 3.63) is 42.1 Å². The van der Waals surface area contributed by atoms with Gasteiger partial charge >= 0.3 is 0 Å². The number of nitriles is 1. The van der Waals surface area contributed by atoms with Gasteiger partial charge in [0, 0.05) is 18.3 Å². The van der Waals surface area contributed by atoms with Crippen LogP contribution >= 0.6 is 0 Å². The largest absolute Gasteiger partial charge is 0.486 e. The average molecular weight is 338 g/mol. The number of anilines is 2. The van der Waals surface area contributed by atoms with E-state index in [2.05, 4.69) is 10.3 Å². The zero-order valence-electron chi connectivity index (χ0n) is 13.9. The Kier molecular flexibility index (Phi) is 5.00. The third kappa shape index (κ3) is 3.98. The van der Waals surface area contributed by atoms with Crippen molar-refractivity contribution in [2.24, 2.45) is 0 Å². The lowest BCUT2D eigenvalue weighted by Crippen LogP contribution is -2.33. The Morgan fingerprint density at radius 2 is 2.08 bits per heavy atom. The summed E-state index contributed by atoms with van der Waals surface area (Å²) in [6, 6.07) is 12.5. The molecule has 0 saturated heterocycles. The lowest BCUT2D eigenvalue weighted by molar-refractivity contribution is -0.115. The minimum absolute atomic E-state index is 0.132. The molecule has 0 saturated carbocycles. The van der Waals surface area contributed by atoms with Crippen LogP contribution in [-0.4, -0.2) is 37.2 Å². The highest BCUT2D eigenvalue weighted by molar-refractivity contribution is 5.94. The predicted molar refractivity (Wildman–Crippen MR) is 92.9 cm³/mol. The Hall–Kier alpha value is -3.27. The number of ether oxygens (including phenoxy) is 2. The van der Waals surface area contributed by atoms with E-state index in [0.29, 0.717) is 48.5 Å². The van der Waals surface area contributed by atoms with Crippen molar-refractivity contribution < 1.29 is 14.3 Å². The molecule has 1 aromatic heterocycles. The molecule has 0 spiro atoms. The minimum Gasteiger partial charge on any atom is -0.486 e. The van der Waals surface area contributed by atoms with Gasteiger partial charge in [-0.2, -0.15) is 5.26 Å². The molecule has 1 aliphatic rings. The van der Waals surface area contributed by atoms with Gasteiger partial charge in [-0.1, -0.05) is 6.07 Å². The molecule has 0 bridgehead atoms. The second-order valence-electron chi connectivity index (χ2n) is 5.41. The Bertz CT molecular complexity index is 816. The fourth-order valence-electron chi connectivity index (χ4n) is 2.51. The van der Waals surface area contributed by atoms with Crippen LogP contribution in [0.3, 0.4) is 0 Å². The van der Waals surface area contributed by atoms with Crippen molar-refractivity contribution in [2.45, 2.75) is 6.92 Å². The molecule has 0 fully saturated rings. The average Bonchev–Trinajstić information content (AvgIpc) is 2.66. The number of likely N-dealkylation sites (N-methyl/N-ethyl adjacent to an activating group) is 1. The molecule has 3 rings (SSSR count). The van der Waals surface area contributed by atoms with Crippen molar-refractivity contribution in [3.63, 3.8) is 0 Å². The van der Waals surface area contributed by atoms with Crippen LogP contribution in [-0.2, 0) is 4.79 Å².